The Morgan fingerprint density at radius 2 is 1.92 bits per heavy atom. The van der Waals surface area contributed by atoms with Crippen molar-refractivity contribution < 1.29 is 9.90 Å². The van der Waals surface area contributed by atoms with Crippen LogP contribution in [0.2, 0.25) is 10.0 Å². The lowest BCUT2D eigenvalue weighted by molar-refractivity contribution is -0.138. The maximum absolute atomic E-state index is 10.8. The van der Waals surface area contributed by atoms with Gasteiger partial charge in [-0.25, -0.2) is 4.98 Å². The second-order valence-electron chi connectivity index (χ2n) is 6.12. The molecular weight excluding hydrogens is 349 g/mol. The number of carbonyl (C=O) groups is 1. The van der Waals surface area contributed by atoms with Crippen LogP contribution in [0.4, 0.5) is 5.82 Å². The Kier molecular flexibility index (Phi) is 5.13. The molecule has 2 aromatic rings. The lowest BCUT2D eigenvalue weighted by Gasteiger charge is -2.36. The largest absolute Gasteiger partial charge is 0.480 e. The summed E-state index contributed by atoms with van der Waals surface area (Å²) in [6.07, 6.45) is 1.82. The van der Waals surface area contributed by atoms with Crippen LogP contribution < -0.4 is 4.90 Å². The first-order valence-corrected chi connectivity index (χ1v) is 8.63. The standard InChI is InChI=1S/C17H19Cl2N3O2/c1-21(10-16(23)24)11-6-8-22(9-7-11)15-5-2-12-13(18)3-4-14(19)17(12)20-15/h2-5,11H,6-10H2,1H3,(H,23,24). The fraction of sp³-hybridized carbons (Fsp3) is 0.412. The third kappa shape index (κ3) is 3.58. The second-order valence-corrected chi connectivity index (χ2v) is 6.94. The molecule has 0 bridgehead atoms. The van der Waals surface area contributed by atoms with Crippen molar-refractivity contribution in [1.29, 1.82) is 0 Å². The number of hydrogen-bond donors (Lipinski definition) is 1. The number of hydrogen-bond acceptors (Lipinski definition) is 4. The molecule has 3 rings (SSSR count). The van der Waals surface area contributed by atoms with Crippen LogP contribution in [0.1, 0.15) is 12.8 Å². The Morgan fingerprint density at radius 1 is 1.25 bits per heavy atom. The Hall–Kier alpha value is -1.56. The zero-order valence-corrected chi connectivity index (χ0v) is 14.9. The number of aromatic nitrogens is 1. The third-order valence-electron chi connectivity index (χ3n) is 4.54. The van der Waals surface area contributed by atoms with Gasteiger partial charge in [0.1, 0.15) is 5.82 Å². The highest BCUT2D eigenvalue weighted by molar-refractivity contribution is 6.39. The van der Waals surface area contributed by atoms with Crippen molar-refractivity contribution in [3.8, 4) is 0 Å². The van der Waals surface area contributed by atoms with Crippen molar-refractivity contribution in [2.45, 2.75) is 18.9 Å². The number of pyridine rings is 1. The van der Waals surface area contributed by atoms with E-state index >= 15 is 0 Å². The summed E-state index contributed by atoms with van der Waals surface area (Å²) < 4.78 is 0. The summed E-state index contributed by atoms with van der Waals surface area (Å²) >= 11 is 12.4. The maximum Gasteiger partial charge on any atom is 0.317 e. The molecule has 1 N–H and O–H groups in total. The number of fused-ring (bicyclic) bond motifs is 1. The van der Waals surface area contributed by atoms with Crippen molar-refractivity contribution >= 4 is 45.9 Å². The predicted octanol–water partition coefficient (Wildman–Crippen LogP) is 3.53. The van der Waals surface area contributed by atoms with Gasteiger partial charge in [-0.15, -0.1) is 0 Å². The van der Waals surface area contributed by atoms with Crippen molar-refractivity contribution in [1.82, 2.24) is 9.88 Å². The average Bonchev–Trinajstić information content (AvgIpc) is 2.57. The molecule has 24 heavy (non-hydrogen) atoms. The van der Waals surface area contributed by atoms with Crippen LogP contribution >= 0.6 is 23.2 Å². The van der Waals surface area contributed by atoms with Gasteiger partial charge >= 0.3 is 5.97 Å². The van der Waals surface area contributed by atoms with Crippen LogP contribution in [-0.2, 0) is 4.79 Å². The molecular formula is C17H19Cl2N3O2. The molecule has 0 atom stereocenters. The molecule has 7 heteroatoms. The number of piperidine rings is 1. The van der Waals surface area contributed by atoms with E-state index in [-0.39, 0.29) is 12.6 Å². The van der Waals surface area contributed by atoms with E-state index in [0.717, 1.165) is 37.1 Å². The summed E-state index contributed by atoms with van der Waals surface area (Å²) in [5, 5.41) is 11.0. The van der Waals surface area contributed by atoms with Gasteiger partial charge in [-0.3, -0.25) is 9.69 Å². The number of nitrogens with zero attached hydrogens (tertiary/aromatic N) is 3. The summed E-state index contributed by atoms with van der Waals surface area (Å²) in [4.78, 5) is 19.6. The molecule has 1 fully saturated rings. The van der Waals surface area contributed by atoms with Crippen molar-refractivity contribution in [3.63, 3.8) is 0 Å². The fourth-order valence-corrected chi connectivity index (χ4v) is 3.62. The Bertz CT molecular complexity index is 761. The molecule has 1 aliphatic heterocycles. The number of anilines is 1. The van der Waals surface area contributed by atoms with E-state index < -0.39 is 5.97 Å². The summed E-state index contributed by atoms with van der Waals surface area (Å²) in [5.41, 5.74) is 0.715. The minimum absolute atomic E-state index is 0.0764. The second kappa shape index (κ2) is 7.13. The molecule has 5 nitrogen and oxygen atoms in total. The summed E-state index contributed by atoms with van der Waals surface area (Å²) in [6, 6.07) is 7.74. The highest BCUT2D eigenvalue weighted by Crippen LogP contribution is 2.31. The number of likely N-dealkylation sites (N-methyl/N-ethyl adjacent to an activating group) is 1. The molecule has 128 valence electrons. The summed E-state index contributed by atoms with van der Waals surface area (Å²) in [7, 11) is 1.87. The van der Waals surface area contributed by atoms with Gasteiger partial charge in [0.15, 0.2) is 0 Å². The highest BCUT2D eigenvalue weighted by atomic mass is 35.5. The number of rotatable bonds is 4. The van der Waals surface area contributed by atoms with Crippen molar-refractivity contribution in [2.24, 2.45) is 0 Å². The van der Waals surface area contributed by atoms with E-state index in [4.69, 9.17) is 28.3 Å². The first kappa shape index (κ1) is 17.3. The molecule has 0 unspecified atom stereocenters. The molecule has 1 aromatic heterocycles. The quantitative estimate of drug-likeness (QED) is 0.895. The maximum atomic E-state index is 10.8. The molecule has 0 amide bonds. The molecule has 0 saturated carbocycles. The molecule has 1 aromatic carbocycles. The van der Waals surface area contributed by atoms with Gasteiger partial charge in [0.05, 0.1) is 22.1 Å². The Labute approximate surface area is 150 Å². The van der Waals surface area contributed by atoms with Crippen LogP contribution in [0, 0.1) is 0 Å². The Balaban J connectivity index is 1.74. The smallest absolute Gasteiger partial charge is 0.317 e. The first-order valence-electron chi connectivity index (χ1n) is 7.87. The topological polar surface area (TPSA) is 56.7 Å². The van der Waals surface area contributed by atoms with Gasteiger partial charge in [0, 0.05) is 24.5 Å². The van der Waals surface area contributed by atoms with Crippen LogP contribution in [0.5, 0.6) is 0 Å². The fourth-order valence-electron chi connectivity index (χ4n) is 3.19. The van der Waals surface area contributed by atoms with Crippen LogP contribution in [-0.4, -0.2) is 53.7 Å². The molecule has 0 aliphatic carbocycles. The minimum atomic E-state index is -0.789. The summed E-state index contributed by atoms with van der Waals surface area (Å²) in [5.74, 6) is 0.0913. The van der Waals surface area contributed by atoms with E-state index in [1.807, 2.05) is 24.1 Å². The molecule has 1 aliphatic rings. The van der Waals surface area contributed by atoms with E-state index in [1.165, 1.54) is 0 Å². The van der Waals surface area contributed by atoms with E-state index in [0.29, 0.717) is 15.6 Å². The zero-order chi connectivity index (χ0) is 17.3. The minimum Gasteiger partial charge on any atom is -0.480 e. The van der Waals surface area contributed by atoms with Crippen LogP contribution in [0.3, 0.4) is 0 Å². The molecule has 2 heterocycles. The van der Waals surface area contributed by atoms with Gasteiger partial charge in [-0.05, 0) is 44.2 Å². The Morgan fingerprint density at radius 3 is 2.58 bits per heavy atom. The number of aliphatic carboxylic acids is 1. The third-order valence-corrected chi connectivity index (χ3v) is 5.17. The first-order chi connectivity index (χ1) is 11.5. The lowest BCUT2D eigenvalue weighted by atomic mass is 10.0. The van der Waals surface area contributed by atoms with Gasteiger partial charge in [-0.1, -0.05) is 23.2 Å². The number of benzene rings is 1. The number of carboxylic acid groups (broad SMARTS) is 1. The average molecular weight is 368 g/mol. The zero-order valence-electron chi connectivity index (χ0n) is 13.4. The monoisotopic (exact) mass is 367 g/mol. The van der Waals surface area contributed by atoms with Gasteiger partial charge in [0.25, 0.3) is 0 Å². The number of halogens is 2. The number of carboxylic acids is 1. The normalized spacial score (nSPS) is 16.1. The summed E-state index contributed by atoms with van der Waals surface area (Å²) in [6.45, 7) is 1.75. The van der Waals surface area contributed by atoms with E-state index in [2.05, 4.69) is 9.88 Å². The van der Waals surface area contributed by atoms with Gasteiger partial charge in [0.2, 0.25) is 0 Å². The SMILES string of the molecule is CN(CC(=O)O)C1CCN(c2ccc3c(Cl)ccc(Cl)c3n2)CC1. The molecule has 0 radical (unpaired) electrons. The van der Waals surface area contributed by atoms with E-state index in [1.54, 1.807) is 12.1 Å². The highest BCUT2D eigenvalue weighted by Gasteiger charge is 2.24. The van der Waals surface area contributed by atoms with Crippen LogP contribution in [0.25, 0.3) is 10.9 Å². The lowest BCUT2D eigenvalue weighted by Crippen LogP contribution is -2.45. The molecule has 0 spiro atoms. The predicted molar refractivity (Wildman–Crippen MR) is 97.3 cm³/mol. The van der Waals surface area contributed by atoms with Crippen molar-refractivity contribution in [3.05, 3.63) is 34.3 Å². The van der Waals surface area contributed by atoms with Crippen molar-refractivity contribution in [2.75, 3.05) is 31.6 Å². The van der Waals surface area contributed by atoms with Crippen LogP contribution in [0.15, 0.2) is 24.3 Å². The van der Waals surface area contributed by atoms with E-state index in [9.17, 15) is 4.79 Å². The van der Waals surface area contributed by atoms with Gasteiger partial charge in [-0.2, -0.15) is 0 Å². The van der Waals surface area contributed by atoms with Gasteiger partial charge < -0.3 is 10.0 Å². The molecule has 1 saturated heterocycles.